The smallest absolute Gasteiger partial charge is 0.239 e. The molecule has 1 amide bonds. The van der Waals surface area contributed by atoms with Crippen LogP contribution in [0.4, 0.5) is 15.8 Å². The van der Waals surface area contributed by atoms with Crippen LogP contribution in [0, 0.1) is 5.82 Å². The maximum atomic E-state index is 13.6. The number of rotatable bonds is 6. The molecule has 0 unspecified atom stereocenters. The molecule has 5 nitrogen and oxygen atoms in total. The standard InChI is InChI=1S/C14H22FN3O2/c1-5-20-13-7-12(11(16)6-10(13)15)18(4)8-14(19)17-9(2)3/h6-7,9H,5,8,16H2,1-4H3,(H,17,19). The number of carbonyl (C=O) groups is 1. The fourth-order valence-corrected chi connectivity index (χ4v) is 1.82. The van der Waals surface area contributed by atoms with Crippen molar-refractivity contribution < 1.29 is 13.9 Å². The number of anilines is 2. The number of nitrogen functional groups attached to an aromatic ring is 1. The molecule has 0 fully saturated rings. The van der Waals surface area contributed by atoms with E-state index >= 15 is 0 Å². The van der Waals surface area contributed by atoms with E-state index in [-0.39, 0.29) is 29.9 Å². The molecule has 112 valence electrons. The van der Waals surface area contributed by atoms with E-state index in [2.05, 4.69) is 5.32 Å². The lowest BCUT2D eigenvalue weighted by molar-refractivity contribution is -0.120. The van der Waals surface area contributed by atoms with Crippen LogP contribution in [0.2, 0.25) is 0 Å². The Balaban J connectivity index is 2.89. The molecule has 0 radical (unpaired) electrons. The molecule has 0 saturated heterocycles. The second-order valence-corrected chi connectivity index (χ2v) is 4.85. The summed E-state index contributed by atoms with van der Waals surface area (Å²) in [5, 5.41) is 2.79. The fraction of sp³-hybridized carbons (Fsp3) is 0.500. The molecule has 0 heterocycles. The van der Waals surface area contributed by atoms with Crippen molar-refractivity contribution in [3.8, 4) is 5.75 Å². The molecule has 0 atom stereocenters. The zero-order valence-electron chi connectivity index (χ0n) is 12.4. The van der Waals surface area contributed by atoms with Crippen molar-refractivity contribution in [2.75, 3.05) is 30.8 Å². The predicted octanol–water partition coefficient (Wildman–Crippen LogP) is 1.77. The first kappa shape index (κ1) is 16.1. The molecule has 0 aliphatic carbocycles. The number of hydrogen-bond donors (Lipinski definition) is 2. The molecule has 1 rings (SSSR count). The number of ether oxygens (including phenoxy) is 1. The molecule has 0 bridgehead atoms. The van der Waals surface area contributed by atoms with Gasteiger partial charge in [0, 0.05) is 25.2 Å². The van der Waals surface area contributed by atoms with Crippen molar-refractivity contribution in [2.45, 2.75) is 26.8 Å². The first-order valence-electron chi connectivity index (χ1n) is 6.57. The van der Waals surface area contributed by atoms with E-state index in [4.69, 9.17) is 10.5 Å². The number of nitrogens with two attached hydrogens (primary N) is 1. The highest BCUT2D eigenvalue weighted by molar-refractivity contribution is 5.83. The summed E-state index contributed by atoms with van der Waals surface area (Å²) in [4.78, 5) is 13.4. The molecule has 0 spiro atoms. The minimum atomic E-state index is -0.506. The van der Waals surface area contributed by atoms with Gasteiger partial charge >= 0.3 is 0 Å². The Labute approximate surface area is 118 Å². The topological polar surface area (TPSA) is 67.6 Å². The number of benzene rings is 1. The van der Waals surface area contributed by atoms with Gasteiger partial charge < -0.3 is 20.7 Å². The Morgan fingerprint density at radius 2 is 2.15 bits per heavy atom. The van der Waals surface area contributed by atoms with Crippen LogP contribution >= 0.6 is 0 Å². The van der Waals surface area contributed by atoms with Gasteiger partial charge in [-0.15, -0.1) is 0 Å². The van der Waals surface area contributed by atoms with E-state index in [9.17, 15) is 9.18 Å². The van der Waals surface area contributed by atoms with Crippen LogP contribution in [0.15, 0.2) is 12.1 Å². The van der Waals surface area contributed by atoms with Crippen molar-refractivity contribution in [1.29, 1.82) is 0 Å². The molecular formula is C14H22FN3O2. The number of likely N-dealkylation sites (N-methyl/N-ethyl adjacent to an activating group) is 1. The SMILES string of the molecule is CCOc1cc(N(C)CC(=O)NC(C)C)c(N)cc1F. The Morgan fingerprint density at radius 1 is 1.50 bits per heavy atom. The minimum Gasteiger partial charge on any atom is -0.491 e. The molecule has 1 aromatic carbocycles. The van der Waals surface area contributed by atoms with E-state index < -0.39 is 5.82 Å². The van der Waals surface area contributed by atoms with E-state index in [0.717, 1.165) is 0 Å². The Hall–Kier alpha value is -1.98. The largest absolute Gasteiger partial charge is 0.491 e. The van der Waals surface area contributed by atoms with Gasteiger partial charge in [-0.1, -0.05) is 0 Å². The number of halogens is 1. The number of amides is 1. The number of carbonyl (C=O) groups excluding carboxylic acids is 1. The van der Waals surface area contributed by atoms with Crippen LogP contribution in [-0.4, -0.2) is 32.1 Å². The van der Waals surface area contributed by atoms with Crippen molar-refractivity contribution in [1.82, 2.24) is 5.32 Å². The Morgan fingerprint density at radius 3 is 2.70 bits per heavy atom. The summed E-state index contributed by atoms with van der Waals surface area (Å²) in [6, 6.07) is 2.79. The minimum absolute atomic E-state index is 0.0699. The molecule has 20 heavy (non-hydrogen) atoms. The van der Waals surface area contributed by atoms with Crippen LogP contribution in [0.5, 0.6) is 5.75 Å². The summed E-state index contributed by atoms with van der Waals surface area (Å²) in [6.07, 6.45) is 0. The number of hydrogen-bond acceptors (Lipinski definition) is 4. The van der Waals surface area contributed by atoms with Crippen LogP contribution in [0.3, 0.4) is 0 Å². The van der Waals surface area contributed by atoms with Gasteiger partial charge in [-0.3, -0.25) is 4.79 Å². The summed E-state index contributed by atoms with van der Waals surface area (Å²) < 4.78 is 18.8. The van der Waals surface area contributed by atoms with Gasteiger partial charge in [-0.2, -0.15) is 0 Å². The summed E-state index contributed by atoms with van der Waals surface area (Å²) in [7, 11) is 1.72. The van der Waals surface area contributed by atoms with Gasteiger partial charge in [0.2, 0.25) is 5.91 Å². The van der Waals surface area contributed by atoms with Crippen molar-refractivity contribution in [2.24, 2.45) is 0 Å². The first-order chi connectivity index (χ1) is 9.35. The van der Waals surface area contributed by atoms with E-state index in [1.165, 1.54) is 12.1 Å². The second-order valence-electron chi connectivity index (χ2n) is 4.85. The van der Waals surface area contributed by atoms with Gasteiger partial charge in [-0.25, -0.2) is 4.39 Å². The van der Waals surface area contributed by atoms with Gasteiger partial charge in [0.15, 0.2) is 11.6 Å². The van der Waals surface area contributed by atoms with E-state index in [1.807, 2.05) is 13.8 Å². The van der Waals surface area contributed by atoms with Crippen LogP contribution in [-0.2, 0) is 4.79 Å². The first-order valence-corrected chi connectivity index (χ1v) is 6.57. The lowest BCUT2D eigenvalue weighted by Crippen LogP contribution is -2.38. The monoisotopic (exact) mass is 283 g/mol. The highest BCUT2D eigenvalue weighted by Gasteiger charge is 2.14. The Kier molecular flexibility index (Phi) is 5.61. The number of nitrogens with zero attached hydrogens (tertiary/aromatic N) is 1. The number of nitrogens with one attached hydrogen (secondary N) is 1. The maximum absolute atomic E-state index is 13.6. The van der Waals surface area contributed by atoms with Gasteiger partial charge in [0.05, 0.1) is 24.5 Å². The third kappa shape index (κ3) is 4.29. The highest BCUT2D eigenvalue weighted by atomic mass is 19.1. The summed E-state index contributed by atoms with van der Waals surface area (Å²) in [5.74, 6) is -0.495. The molecule has 3 N–H and O–H groups in total. The summed E-state index contributed by atoms with van der Waals surface area (Å²) in [5.41, 5.74) is 6.63. The highest BCUT2D eigenvalue weighted by Crippen LogP contribution is 2.30. The molecule has 0 saturated carbocycles. The predicted molar refractivity (Wildman–Crippen MR) is 78.5 cm³/mol. The van der Waals surface area contributed by atoms with Gasteiger partial charge in [-0.05, 0) is 20.8 Å². The average molecular weight is 283 g/mol. The zero-order chi connectivity index (χ0) is 15.3. The van der Waals surface area contributed by atoms with Crippen molar-refractivity contribution in [3.05, 3.63) is 17.9 Å². The molecule has 0 aromatic heterocycles. The molecule has 0 aliphatic heterocycles. The Bertz CT molecular complexity index is 478. The van der Waals surface area contributed by atoms with Crippen LogP contribution in [0.1, 0.15) is 20.8 Å². The van der Waals surface area contributed by atoms with Crippen molar-refractivity contribution in [3.63, 3.8) is 0 Å². The van der Waals surface area contributed by atoms with E-state index in [1.54, 1.807) is 18.9 Å². The third-order valence-corrected chi connectivity index (χ3v) is 2.62. The van der Waals surface area contributed by atoms with E-state index in [0.29, 0.717) is 12.3 Å². The summed E-state index contributed by atoms with van der Waals surface area (Å²) >= 11 is 0. The zero-order valence-corrected chi connectivity index (χ0v) is 12.4. The maximum Gasteiger partial charge on any atom is 0.239 e. The van der Waals surface area contributed by atoms with Gasteiger partial charge in [0.1, 0.15) is 0 Å². The average Bonchev–Trinajstić information content (AvgIpc) is 2.31. The second kappa shape index (κ2) is 6.98. The van der Waals surface area contributed by atoms with Crippen LogP contribution < -0.4 is 20.7 Å². The van der Waals surface area contributed by atoms with Crippen LogP contribution in [0.25, 0.3) is 0 Å². The third-order valence-electron chi connectivity index (χ3n) is 2.62. The molecule has 6 heteroatoms. The van der Waals surface area contributed by atoms with Crippen molar-refractivity contribution >= 4 is 17.3 Å². The van der Waals surface area contributed by atoms with Gasteiger partial charge in [0.25, 0.3) is 0 Å². The lowest BCUT2D eigenvalue weighted by atomic mass is 10.2. The quantitative estimate of drug-likeness (QED) is 0.781. The molecular weight excluding hydrogens is 261 g/mol. The summed E-state index contributed by atoms with van der Waals surface area (Å²) in [6.45, 7) is 6.04. The molecule has 1 aromatic rings. The molecule has 0 aliphatic rings. The lowest BCUT2D eigenvalue weighted by Gasteiger charge is -2.22. The fourth-order valence-electron chi connectivity index (χ4n) is 1.82. The normalized spacial score (nSPS) is 10.5.